The lowest BCUT2D eigenvalue weighted by Crippen LogP contribution is -2.54. The molecule has 20 heavy (non-hydrogen) atoms. The molecule has 0 aliphatic carbocycles. The number of rotatable bonds is 4. The van der Waals surface area contributed by atoms with Crippen molar-refractivity contribution in [1.29, 1.82) is 0 Å². The van der Waals surface area contributed by atoms with Crippen LogP contribution in [0.4, 0.5) is 0 Å². The first-order chi connectivity index (χ1) is 9.58. The van der Waals surface area contributed by atoms with Crippen LogP contribution in [0.2, 0.25) is 0 Å². The Bertz CT molecular complexity index is 350. The molecule has 6 nitrogen and oxygen atoms in total. The molecule has 0 spiro atoms. The van der Waals surface area contributed by atoms with Gasteiger partial charge in [-0.15, -0.1) is 11.8 Å². The molecule has 2 saturated heterocycles. The molecule has 0 aromatic rings. The maximum atomic E-state index is 12.2. The molecule has 2 aliphatic rings. The van der Waals surface area contributed by atoms with Gasteiger partial charge in [-0.2, -0.15) is 0 Å². The Morgan fingerprint density at radius 3 is 2.40 bits per heavy atom. The third-order valence-electron chi connectivity index (χ3n) is 3.73. The van der Waals surface area contributed by atoms with E-state index in [-0.39, 0.29) is 17.9 Å². The highest BCUT2D eigenvalue weighted by Crippen LogP contribution is 2.13. The third-order valence-corrected chi connectivity index (χ3v) is 4.67. The first kappa shape index (κ1) is 15.6. The molecule has 7 heteroatoms. The predicted octanol–water partition coefficient (Wildman–Crippen LogP) is -0.729. The van der Waals surface area contributed by atoms with Gasteiger partial charge in [0.25, 0.3) is 0 Å². The Morgan fingerprint density at radius 1 is 1.20 bits per heavy atom. The highest BCUT2D eigenvalue weighted by molar-refractivity contribution is 7.99. The van der Waals surface area contributed by atoms with Crippen LogP contribution in [0.3, 0.4) is 0 Å². The van der Waals surface area contributed by atoms with Gasteiger partial charge in [-0.25, -0.2) is 0 Å². The number of hydrogen-bond acceptors (Lipinski definition) is 5. The van der Waals surface area contributed by atoms with Crippen molar-refractivity contribution in [3.05, 3.63) is 0 Å². The van der Waals surface area contributed by atoms with Gasteiger partial charge in [-0.05, 0) is 14.1 Å². The Hall–Kier alpha value is -0.790. The Kier molecular flexibility index (Phi) is 5.68. The molecule has 0 aromatic carbocycles. The number of amides is 2. The lowest BCUT2D eigenvalue weighted by atomic mass is 10.2. The quantitative estimate of drug-likeness (QED) is 0.742. The zero-order valence-electron chi connectivity index (χ0n) is 12.3. The topological polar surface area (TPSA) is 55.9 Å². The average Bonchev–Trinajstić information content (AvgIpc) is 2.98. The monoisotopic (exact) mass is 300 g/mol. The van der Waals surface area contributed by atoms with E-state index < -0.39 is 0 Å². The van der Waals surface area contributed by atoms with Crippen LogP contribution in [-0.4, -0.2) is 91.0 Å². The molecule has 2 amide bonds. The maximum Gasteiger partial charge on any atom is 0.240 e. The number of thioether (sulfide) groups is 1. The Balaban J connectivity index is 1.74. The van der Waals surface area contributed by atoms with Gasteiger partial charge in [0, 0.05) is 50.8 Å². The van der Waals surface area contributed by atoms with E-state index >= 15 is 0 Å². The van der Waals surface area contributed by atoms with Crippen LogP contribution in [-0.2, 0) is 9.59 Å². The Labute approximate surface area is 124 Å². The van der Waals surface area contributed by atoms with E-state index in [1.54, 1.807) is 11.8 Å². The van der Waals surface area contributed by atoms with Crippen LogP contribution in [0.15, 0.2) is 0 Å². The summed E-state index contributed by atoms with van der Waals surface area (Å²) >= 11 is 1.76. The van der Waals surface area contributed by atoms with Crippen molar-refractivity contribution in [3.63, 3.8) is 0 Å². The maximum absolute atomic E-state index is 12.2. The van der Waals surface area contributed by atoms with Crippen LogP contribution in [0.25, 0.3) is 0 Å². The molecule has 2 fully saturated rings. The van der Waals surface area contributed by atoms with E-state index in [1.165, 1.54) is 0 Å². The summed E-state index contributed by atoms with van der Waals surface area (Å²) < 4.78 is 0. The van der Waals surface area contributed by atoms with Crippen molar-refractivity contribution in [3.8, 4) is 0 Å². The van der Waals surface area contributed by atoms with Gasteiger partial charge >= 0.3 is 0 Å². The Morgan fingerprint density at radius 2 is 1.85 bits per heavy atom. The summed E-state index contributed by atoms with van der Waals surface area (Å²) in [5.41, 5.74) is 0. The highest BCUT2D eigenvalue weighted by Gasteiger charge is 2.30. The average molecular weight is 300 g/mol. The van der Waals surface area contributed by atoms with Gasteiger partial charge in [-0.3, -0.25) is 14.9 Å². The van der Waals surface area contributed by atoms with Crippen LogP contribution >= 0.6 is 11.8 Å². The van der Waals surface area contributed by atoms with Gasteiger partial charge in [0.15, 0.2) is 0 Å². The summed E-state index contributed by atoms with van der Waals surface area (Å²) in [6.45, 7) is 3.43. The molecule has 1 unspecified atom stereocenters. The second-order valence-electron chi connectivity index (χ2n) is 5.53. The first-order valence-corrected chi connectivity index (χ1v) is 8.26. The molecule has 114 valence electrons. The molecular weight excluding hydrogens is 276 g/mol. The second kappa shape index (κ2) is 7.28. The lowest BCUT2D eigenvalue weighted by molar-refractivity contribution is -0.140. The van der Waals surface area contributed by atoms with E-state index in [4.69, 9.17) is 0 Å². The van der Waals surface area contributed by atoms with E-state index in [2.05, 4.69) is 5.32 Å². The lowest BCUT2D eigenvalue weighted by Gasteiger charge is -2.36. The summed E-state index contributed by atoms with van der Waals surface area (Å²) in [4.78, 5) is 30.0. The molecule has 0 bridgehead atoms. The van der Waals surface area contributed by atoms with Gasteiger partial charge in [0.1, 0.15) is 0 Å². The minimum atomic E-state index is -0.0315. The summed E-state index contributed by atoms with van der Waals surface area (Å²) in [5.74, 6) is 2.11. The molecule has 1 atom stereocenters. The van der Waals surface area contributed by atoms with E-state index in [9.17, 15) is 9.59 Å². The number of hydrogen-bond donors (Lipinski definition) is 1. The van der Waals surface area contributed by atoms with Crippen molar-refractivity contribution in [2.45, 2.75) is 12.5 Å². The smallest absolute Gasteiger partial charge is 0.240 e. The molecule has 2 rings (SSSR count). The summed E-state index contributed by atoms with van der Waals surface area (Å²) in [6, 6.07) is -0.0315. The number of carbonyl (C=O) groups excluding carboxylic acids is 2. The number of nitrogens with zero attached hydrogens (tertiary/aromatic N) is 3. The van der Waals surface area contributed by atoms with Gasteiger partial charge < -0.3 is 14.7 Å². The molecule has 2 aliphatic heterocycles. The van der Waals surface area contributed by atoms with Crippen molar-refractivity contribution < 1.29 is 9.59 Å². The fourth-order valence-corrected chi connectivity index (χ4v) is 3.36. The van der Waals surface area contributed by atoms with Gasteiger partial charge in [0.2, 0.25) is 11.8 Å². The summed E-state index contributed by atoms with van der Waals surface area (Å²) in [6.07, 6.45) is 0.557. The SMILES string of the molecule is CN(C)CCC(=O)N1CCN(C(=O)C2CSCN2)CC1. The van der Waals surface area contributed by atoms with E-state index in [0.717, 1.165) is 18.2 Å². The molecule has 0 aromatic heterocycles. The summed E-state index contributed by atoms with van der Waals surface area (Å²) in [5, 5.41) is 3.21. The van der Waals surface area contributed by atoms with Crippen molar-refractivity contribution in [2.24, 2.45) is 0 Å². The van der Waals surface area contributed by atoms with Crippen molar-refractivity contribution in [1.82, 2.24) is 20.0 Å². The fourth-order valence-electron chi connectivity index (χ4n) is 2.43. The van der Waals surface area contributed by atoms with Crippen molar-refractivity contribution in [2.75, 3.05) is 58.4 Å². The molecule has 2 heterocycles. The summed E-state index contributed by atoms with van der Waals surface area (Å²) in [7, 11) is 3.94. The largest absolute Gasteiger partial charge is 0.339 e. The zero-order valence-corrected chi connectivity index (χ0v) is 13.1. The van der Waals surface area contributed by atoms with E-state index in [1.807, 2.05) is 28.8 Å². The van der Waals surface area contributed by atoms with Gasteiger partial charge in [0.05, 0.1) is 6.04 Å². The van der Waals surface area contributed by atoms with Crippen LogP contribution < -0.4 is 5.32 Å². The number of nitrogens with one attached hydrogen (secondary N) is 1. The third kappa shape index (κ3) is 4.10. The van der Waals surface area contributed by atoms with Crippen LogP contribution in [0.5, 0.6) is 0 Å². The normalized spacial score (nSPS) is 23.4. The molecule has 0 saturated carbocycles. The van der Waals surface area contributed by atoms with Crippen LogP contribution in [0, 0.1) is 0 Å². The highest BCUT2D eigenvalue weighted by atomic mass is 32.2. The zero-order chi connectivity index (χ0) is 14.5. The second-order valence-corrected chi connectivity index (χ2v) is 6.56. The first-order valence-electron chi connectivity index (χ1n) is 7.10. The minimum Gasteiger partial charge on any atom is -0.339 e. The number of carbonyl (C=O) groups is 2. The number of piperazine rings is 1. The molecule has 1 N–H and O–H groups in total. The van der Waals surface area contributed by atoms with Crippen LogP contribution in [0.1, 0.15) is 6.42 Å². The van der Waals surface area contributed by atoms with Gasteiger partial charge in [-0.1, -0.05) is 0 Å². The predicted molar refractivity (Wildman–Crippen MR) is 80.6 cm³/mol. The van der Waals surface area contributed by atoms with Crippen molar-refractivity contribution >= 4 is 23.6 Å². The molecular formula is C13H24N4O2S. The standard InChI is InChI=1S/C13H24N4O2S/c1-15(2)4-3-12(18)16-5-7-17(8-6-16)13(19)11-9-20-10-14-11/h11,14H,3-10H2,1-2H3. The van der Waals surface area contributed by atoms with E-state index in [0.29, 0.717) is 32.6 Å². The fraction of sp³-hybridized carbons (Fsp3) is 0.846. The minimum absolute atomic E-state index is 0.0315. The molecule has 0 radical (unpaired) electrons.